The highest BCUT2D eigenvalue weighted by molar-refractivity contribution is 7.53. The fourth-order valence-corrected chi connectivity index (χ4v) is 6.24. The lowest BCUT2D eigenvalue weighted by Crippen LogP contribution is -2.36. The summed E-state index contributed by atoms with van der Waals surface area (Å²) in [5.74, 6) is 0. The normalized spacial score (nSPS) is 12.9. The van der Waals surface area contributed by atoms with Crippen LogP contribution >= 0.6 is 7.60 Å². The van der Waals surface area contributed by atoms with Crippen molar-refractivity contribution in [2.45, 2.75) is 52.8 Å². The summed E-state index contributed by atoms with van der Waals surface area (Å²) in [4.78, 5) is 0. The molecule has 0 bridgehead atoms. The zero-order valence-electron chi connectivity index (χ0n) is 12.5. The van der Waals surface area contributed by atoms with Crippen molar-refractivity contribution in [2.24, 2.45) is 0 Å². The second-order valence-corrected chi connectivity index (χ2v) is 11.2. The highest BCUT2D eigenvalue weighted by Crippen LogP contribution is 2.47. The summed E-state index contributed by atoms with van der Waals surface area (Å²) in [5, 5.41) is 0. The van der Waals surface area contributed by atoms with E-state index in [4.69, 9.17) is 13.5 Å². The molecule has 18 heavy (non-hydrogen) atoms. The van der Waals surface area contributed by atoms with E-state index in [-0.39, 0.29) is 0 Å². The minimum atomic E-state index is -2.94. The van der Waals surface area contributed by atoms with Gasteiger partial charge in [0.25, 0.3) is 0 Å². The Kier molecular flexibility index (Phi) is 9.43. The molecule has 0 heterocycles. The molecule has 0 spiro atoms. The standard InChI is InChI=1S/C12H29O4PSi/c1-6-14-17(13,15-7-2)12-11-16-18(8-3,9-4)10-5/h6-12H2,1-5H3. The first-order valence-electron chi connectivity index (χ1n) is 7.03. The van der Waals surface area contributed by atoms with Crippen molar-refractivity contribution < 1.29 is 18.0 Å². The maximum absolute atomic E-state index is 12.3. The van der Waals surface area contributed by atoms with E-state index in [9.17, 15) is 4.57 Å². The molecule has 0 radical (unpaired) electrons. The van der Waals surface area contributed by atoms with Gasteiger partial charge in [-0.15, -0.1) is 0 Å². The molecule has 0 unspecified atom stereocenters. The first-order valence-corrected chi connectivity index (χ1v) is 11.3. The predicted molar refractivity (Wildman–Crippen MR) is 78.9 cm³/mol. The molecule has 6 heteroatoms. The van der Waals surface area contributed by atoms with Crippen LogP contribution in [0.15, 0.2) is 0 Å². The third-order valence-corrected chi connectivity index (χ3v) is 10.1. The Bertz CT molecular complexity index is 238. The lowest BCUT2D eigenvalue weighted by Gasteiger charge is -2.28. The molecule has 0 aliphatic heterocycles. The van der Waals surface area contributed by atoms with Crippen molar-refractivity contribution in [2.75, 3.05) is 26.0 Å². The van der Waals surface area contributed by atoms with Gasteiger partial charge >= 0.3 is 7.60 Å². The molecule has 0 aromatic heterocycles. The van der Waals surface area contributed by atoms with Crippen LogP contribution in [0, 0.1) is 0 Å². The summed E-state index contributed by atoms with van der Waals surface area (Å²) in [6, 6.07) is 3.31. The molecular weight excluding hydrogens is 267 g/mol. The van der Waals surface area contributed by atoms with Crippen LogP contribution < -0.4 is 0 Å². The fourth-order valence-electron chi connectivity index (χ4n) is 1.99. The molecule has 0 aromatic rings. The Morgan fingerprint density at radius 3 is 1.67 bits per heavy atom. The zero-order valence-corrected chi connectivity index (χ0v) is 14.4. The molecule has 0 rings (SSSR count). The van der Waals surface area contributed by atoms with Gasteiger partial charge in [0.15, 0.2) is 8.32 Å². The highest BCUT2D eigenvalue weighted by Gasteiger charge is 2.30. The van der Waals surface area contributed by atoms with Crippen LogP contribution in [0.3, 0.4) is 0 Å². The molecule has 0 aliphatic carbocycles. The van der Waals surface area contributed by atoms with Crippen LogP contribution in [-0.4, -0.2) is 34.3 Å². The summed E-state index contributed by atoms with van der Waals surface area (Å²) >= 11 is 0. The summed E-state index contributed by atoms with van der Waals surface area (Å²) in [6.07, 6.45) is 0.365. The molecule has 0 N–H and O–H groups in total. The lowest BCUT2D eigenvalue weighted by atomic mass is 10.9. The van der Waals surface area contributed by atoms with Crippen LogP contribution in [-0.2, 0) is 18.0 Å². The SMILES string of the molecule is CCOP(=O)(CCO[Si](CC)(CC)CC)OCC. The zero-order chi connectivity index (χ0) is 14.1. The molecule has 0 fully saturated rings. The molecule has 0 aromatic carbocycles. The second-order valence-electron chi connectivity index (χ2n) is 4.26. The third kappa shape index (κ3) is 5.98. The van der Waals surface area contributed by atoms with E-state index in [1.54, 1.807) is 0 Å². The Labute approximate surface area is 113 Å². The van der Waals surface area contributed by atoms with E-state index >= 15 is 0 Å². The van der Waals surface area contributed by atoms with Crippen molar-refractivity contribution in [1.82, 2.24) is 0 Å². The Balaban J connectivity index is 4.32. The van der Waals surface area contributed by atoms with Crippen molar-refractivity contribution in [3.05, 3.63) is 0 Å². The predicted octanol–water partition coefficient (Wildman–Crippen LogP) is 4.27. The summed E-state index contributed by atoms with van der Waals surface area (Å²) < 4.78 is 28.8. The van der Waals surface area contributed by atoms with E-state index in [1.807, 2.05) is 13.8 Å². The van der Waals surface area contributed by atoms with E-state index in [0.29, 0.717) is 26.0 Å². The largest absolute Gasteiger partial charge is 0.416 e. The van der Waals surface area contributed by atoms with E-state index in [1.165, 1.54) is 0 Å². The average Bonchev–Trinajstić information content (AvgIpc) is 2.36. The lowest BCUT2D eigenvalue weighted by molar-refractivity contribution is 0.212. The summed E-state index contributed by atoms with van der Waals surface area (Å²) in [6.45, 7) is 11.5. The van der Waals surface area contributed by atoms with Crippen LogP contribution in [0.25, 0.3) is 0 Å². The second kappa shape index (κ2) is 9.27. The minimum Gasteiger partial charge on any atom is -0.416 e. The maximum atomic E-state index is 12.3. The van der Waals surface area contributed by atoms with Gasteiger partial charge in [-0.1, -0.05) is 20.8 Å². The molecular formula is C12H29O4PSi. The number of hydrogen-bond donors (Lipinski definition) is 0. The van der Waals surface area contributed by atoms with Gasteiger partial charge in [0.2, 0.25) is 0 Å². The fraction of sp³-hybridized carbons (Fsp3) is 1.00. The molecule has 0 aliphatic rings. The van der Waals surface area contributed by atoms with Gasteiger partial charge < -0.3 is 13.5 Å². The molecule has 0 atom stereocenters. The van der Waals surface area contributed by atoms with Crippen molar-refractivity contribution in [1.29, 1.82) is 0 Å². The molecule has 4 nitrogen and oxygen atoms in total. The van der Waals surface area contributed by atoms with E-state index in [2.05, 4.69) is 20.8 Å². The Hall–Kier alpha value is 0.327. The van der Waals surface area contributed by atoms with Crippen molar-refractivity contribution in [3.8, 4) is 0 Å². The molecule has 0 saturated carbocycles. The smallest absolute Gasteiger partial charge is 0.332 e. The van der Waals surface area contributed by atoms with Gasteiger partial charge in [-0.25, -0.2) is 0 Å². The molecule has 110 valence electrons. The van der Waals surface area contributed by atoms with Gasteiger partial charge in [-0.2, -0.15) is 0 Å². The monoisotopic (exact) mass is 296 g/mol. The van der Waals surface area contributed by atoms with Gasteiger partial charge in [0.05, 0.1) is 19.4 Å². The van der Waals surface area contributed by atoms with E-state index < -0.39 is 15.9 Å². The van der Waals surface area contributed by atoms with E-state index in [0.717, 1.165) is 18.1 Å². The maximum Gasteiger partial charge on any atom is 0.332 e. The quantitative estimate of drug-likeness (QED) is 0.422. The summed E-state index contributed by atoms with van der Waals surface area (Å²) in [5.41, 5.74) is 0. The van der Waals surface area contributed by atoms with Crippen molar-refractivity contribution >= 4 is 15.9 Å². The summed E-state index contributed by atoms with van der Waals surface area (Å²) in [7, 11) is -4.53. The Morgan fingerprint density at radius 1 is 0.889 bits per heavy atom. The number of hydrogen-bond acceptors (Lipinski definition) is 4. The first-order chi connectivity index (χ1) is 8.51. The molecule has 0 amide bonds. The third-order valence-electron chi connectivity index (χ3n) is 3.36. The first kappa shape index (κ1) is 18.3. The number of rotatable bonds is 11. The topological polar surface area (TPSA) is 44.8 Å². The van der Waals surface area contributed by atoms with Crippen LogP contribution in [0.5, 0.6) is 0 Å². The average molecular weight is 296 g/mol. The highest BCUT2D eigenvalue weighted by atomic mass is 31.2. The minimum absolute atomic E-state index is 0.365. The van der Waals surface area contributed by atoms with Gasteiger partial charge in [0, 0.05) is 6.61 Å². The van der Waals surface area contributed by atoms with Crippen LogP contribution in [0.2, 0.25) is 18.1 Å². The van der Waals surface area contributed by atoms with Gasteiger partial charge in [-0.05, 0) is 32.0 Å². The van der Waals surface area contributed by atoms with Crippen LogP contribution in [0.4, 0.5) is 0 Å². The van der Waals surface area contributed by atoms with Crippen LogP contribution in [0.1, 0.15) is 34.6 Å². The Morgan fingerprint density at radius 2 is 1.33 bits per heavy atom. The van der Waals surface area contributed by atoms with Gasteiger partial charge in [-0.3, -0.25) is 4.57 Å². The van der Waals surface area contributed by atoms with Crippen molar-refractivity contribution in [3.63, 3.8) is 0 Å². The van der Waals surface area contributed by atoms with Gasteiger partial charge in [0.1, 0.15) is 0 Å². The molecule has 0 saturated heterocycles.